The maximum Gasteiger partial charge on any atom is 0.268 e. The van der Waals surface area contributed by atoms with Gasteiger partial charge in [-0.15, -0.1) is 0 Å². The van der Waals surface area contributed by atoms with E-state index < -0.39 is 0 Å². The van der Waals surface area contributed by atoms with E-state index in [0.717, 1.165) is 16.9 Å². The molecule has 0 aliphatic heterocycles. The van der Waals surface area contributed by atoms with Crippen LogP contribution in [-0.2, 0) is 13.1 Å². The number of fused-ring (bicyclic) bond motifs is 1. The Bertz CT molecular complexity index is 943. The largest absolute Gasteiger partial charge is 0.326 e. The normalized spacial score (nSPS) is 10.8. The Morgan fingerprint density at radius 1 is 1.18 bits per heavy atom. The average molecular weight is 292 g/mol. The number of para-hydroxylation sites is 2. The van der Waals surface area contributed by atoms with Crippen molar-refractivity contribution in [1.29, 1.82) is 5.26 Å². The number of nitriles is 1. The molecule has 2 heterocycles. The zero-order valence-corrected chi connectivity index (χ0v) is 12.6. The van der Waals surface area contributed by atoms with E-state index in [1.54, 1.807) is 23.8 Å². The first-order valence-corrected chi connectivity index (χ1v) is 7.14. The molecule has 0 saturated heterocycles. The molecule has 0 fully saturated rings. The number of hydrogen-bond donors (Lipinski definition) is 0. The van der Waals surface area contributed by atoms with E-state index in [9.17, 15) is 4.79 Å². The summed E-state index contributed by atoms with van der Waals surface area (Å²) in [5.41, 5.74) is 2.71. The van der Waals surface area contributed by atoms with Crippen molar-refractivity contribution in [1.82, 2.24) is 14.1 Å². The molecule has 5 heteroatoms. The molecule has 22 heavy (non-hydrogen) atoms. The second-order valence-electron chi connectivity index (χ2n) is 5.28. The molecule has 0 aliphatic carbocycles. The number of aromatic nitrogens is 3. The molecule has 0 atom stereocenters. The molecule has 0 spiro atoms. The Kier molecular flexibility index (Phi) is 3.51. The van der Waals surface area contributed by atoms with Gasteiger partial charge >= 0.3 is 0 Å². The molecule has 0 saturated carbocycles. The van der Waals surface area contributed by atoms with Crippen LogP contribution in [0.1, 0.15) is 17.0 Å². The van der Waals surface area contributed by atoms with Crippen LogP contribution in [0, 0.1) is 25.2 Å². The zero-order chi connectivity index (χ0) is 15.7. The summed E-state index contributed by atoms with van der Waals surface area (Å²) in [5, 5.41) is 9.08. The van der Waals surface area contributed by atoms with E-state index in [4.69, 9.17) is 5.26 Å². The third-order valence-corrected chi connectivity index (χ3v) is 3.90. The topological polar surface area (TPSA) is 63.6 Å². The molecule has 110 valence electrons. The van der Waals surface area contributed by atoms with Crippen molar-refractivity contribution in [2.24, 2.45) is 0 Å². The van der Waals surface area contributed by atoms with Gasteiger partial charge in [-0.25, -0.2) is 4.98 Å². The highest BCUT2D eigenvalue weighted by Gasteiger charge is 2.09. The SMILES string of the molecule is Cc1ccn(CCn2c(C)nc3ccccc32)c(=O)c1C#N. The molecule has 3 aromatic rings. The second kappa shape index (κ2) is 5.49. The monoisotopic (exact) mass is 292 g/mol. The van der Waals surface area contributed by atoms with Crippen LogP contribution < -0.4 is 5.56 Å². The van der Waals surface area contributed by atoms with E-state index >= 15 is 0 Å². The number of nitrogens with zero attached hydrogens (tertiary/aromatic N) is 4. The standard InChI is InChI=1S/C17H16N4O/c1-12-7-8-20(17(22)14(12)11-18)9-10-21-13(2)19-15-5-3-4-6-16(15)21/h3-8H,9-10H2,1-2H3. The zero-order valence-electron chi connectivity index (χ0n) is 12.6. The van der Waals surface area contributed by atoms with Crippen LogP contribution in [-0.4, -0.2) is 14.1 Å². The molecular formula is C17H16N4O. The first kappa shape index (κ1) is 14.1. The second-order valence-corrected chi connectivity index (χ2v) is 5.28. The van der Waals surface area contributed by atoms with Crippen LogP contribution in [0.5, 0.6) is 0 Å². The Hall–Kier alpha value is -2.87. The summed E-state index contributed by atoms with van der Waals surface area (Å²) in [6.45, 7) is 4.88. The summed E-state index contributed by atoms with van der Waals surface area (Å²) in [5.74, 6) is 0.918. The van der Waals surface area contributed by atoms with Crippen molar-refractivity contribution in [3.05, 3.63) is 63.8 Å². The fourth-order valence-electron chi connectivity index (χ4n) is 2.66. The van der Waals surface area contributed by atoms with Gasteiger partial charge in [0.25, 0.3) is 5.56 Å². The Labute approximate surface area is 128 Å². The van der Waals surface area contributed by atoms with E-state index in [1.165, 1.54) is 0 Å². The lowest BCUT2D eigenvalue weighted by Gasteiger charge is -2.10. The predicted molar refractivity (Wildman–Crippen MR) is 84.6 cm³/mol. The number of aryl methyl sites for hydroxylation is 4. The lowest BCUT2D eigenvalue weighted by molar-refractivity contribution is 0.564. The lowest BCUT2D eigenvalue weighted by Crippen LogP contribution is -2.25. The van der Waals surface area contributed by atoms with E-state index in [0.29, 0.717) is 18.7 Å². The van der Waals surface area contributed by atoms with Crippen LogP contribution in [0.3, 0.4) is 0 Å². The summed E-state index contributed by atoms with van der Waals surface area (Å²) in [6, 6.07) is 11.7. The molecule has 1 aromatic carbocycles. The van der Waals surface area contributed by atoms with Gasteiger partial charge in [0.1, 0.15) is 17.5 Å². The van der Waals surface area contributed by atoms with Crippen LogP contribution in [0.15, 0.2) is 41.3 Å². The third-order valence-electron chi connectivity index (χ3n) is 3.90. The smallest absolute Gasteiger partial charge is 0.268 e. The first-order chi connectivity index (χ1) is 10.6. The molecule has 3 rings (SSSR count). The Balaban J connectivity index is 1.94. The summed E-state index contributed by atoms with van der Waals surface area (Å²) in [7, 11) is 0. The summed E-state index contributed by atoms with van der Waals surface area (Å²) in [6.07, 6.45) is 1.74. The van der Waals surface area contributed by atoms with Gasteiger partial charge in [-0.05, 0) is 37.6 Å². The van der Waals surface area contributed by atoms with Crippen molar-refractivity contribution < 1.29 is 0 Å². The third kappa shape index (κ3) is 2.29. The first-order valence-electron chi connectivity index (χ1n) is 7.14. The number of benzene rings is 1. The fraction of sp³-hybridized carbons (Fsp3) is 0.235. The number of hydrogen-bond acceptors (Lipinski definition) is 3. The minimum atomic E-state index is -0.232. The van der Waals surface area contributed by atoms with Gasteiger partial charge in [0, 0.05) is 19.3 Å². The van der Waals surface area contributed by atoms with E-state index in [-0.39, 0.29) is 11.1 Å². The Morgan fingerprint density at radius 2 is 1.95 bits per heavy atom. The van der Waals surface area contributed by atoms with Gasteiger partial charge in [0.05, 0.1) is 11.0 Å². The van der Waals surface area contributed by atoms with Crippen molar-refractivity contribution in [2.75, 3.05) is 0 Å². The van der Waals surface area contributed by atoms with Gasteiger partial charge in [0.2, 0.25) is 0 Å². The maximum atomic E-state index is 12.2. The van der Waals surface area contributed by atoms with E-state index in [2.05, 4.69) is 9.55 Å². The molecule has 0 bridgehead atoms. The van der Waals surface area contributed by atoms with Gasteiger partial charge in [0.15, 0.2) is 0 Å². The molecule has 0 N–H and O–H groups in total. The van der Waals surface area contributed by atoms with Gasteiger partial charge < -0.3 is 9.13 Å². The minimum Gasteiger partial charge on any atom is -0.326 e. The molecule has 2 aromatic heterocycles. The summed E-state index contributed by atoms with van der Waals surface area (Å²) in [4.78, 5) is 16.8. The molecule has 0 unspecified atom stereocenters. The molecule has 5 nitrogen and oxygen atoms in total. The minimum absolute atomic E-state index is 0.217. The molecule has 0 amide bonds. The van der Waals surface area contributed by atoms with Crippen LogP contribution in [0.2, 0.25) is 0 Å². The fourth-order valence-corrected chi connectivity index (χ4v) is 2.66. The predicted octanol–water partition coefficient (Wildman–Crippen LogP) is 2.39. The number of pyridine rings is 1. The Morgan fingerprint density at radius 3 is 2.73 bits per heavy atom. The average Bonchev–Trinajstić information content (AvgIpc) is 2.83. The van der Waals surface area contributed by atoms with E-state index in [1.807, 2.05) is 37.3 Å². The highest BCUT2D eigenvalue weighted by atomic mass is 16.1. The van der Waals surface area contributed by atoms with Crippen LogP contribution in [0.25, 0.3) is 11.0 Å². The maximum absolute atomic E-state index is 12.2. The molecular weight excluding hydrogens is 276 g/mol. The van der Waals surface area contributed by atoms with Crippen LogP contribution in [0.4, 0.5) is 0 Å². The number of imidazole rings is 1. The van der Waals surface area contributed by atoms with Crippen molar-refractivity contribution in [3.8, 4) is 6.07 Å². The van der Waals surface area contributed by atoms with Crippen molar-refractivity contribution in [2.45, 2.75) is 26.9 Å². The summed E-state index contributed by atoms with van der Waals surface area (Å²) >= 11 is 0. The lowest BCUT2D eigenvalue weighted by atomic mass is 10.2. The highest BCUT2D eigenvalue weighted by molar-refractivity contribution is 5.75. The highest BCUT2D eigenvalue weighted by Crippen LogP contribution is 2.15. The molecule has 0 aliphatic rings. The van der Waals surface area contributed by atoms with Crippen molar-refractivity contribution >= 4 is 11.0 Å². The molecule has 0 radical (unpaired) electrons. The number of rotatable bonds is 3. The summed E-state index contributed by atoms with van der Waals surface area (Å²) < 4.78 is 3.67. The quantitative estimate of drug-likeness (QED) is 0.744. The van der Waals surface area contributed by atoms with Gasteiger partial charge in [-0.3, -0.25) is 4.79 Å². The van der Waals surface area contributed by atoms with Gasteiger partial charge in [-0.1, -0.05) is 12.1 Å². The van der Waals surface area contributed by atoms with Crippen LogP contribution >= 0.6 is 0 Å². The van der Waals surface area contributed by atoms with Crippen molar-refractivity contribution in [3.63, 3.8) is 0 Å². The van der Waals surface area contributed by atoms with Gasteiger partial charge in [-0.2, -0.15) is 5.26 Å².